The minimum absolute atomic E-state index is 0.00468. The summed E-state index contributed by atoms with van der Waals surface area (Å²) in [5, 5.41) is 2.95. The number of hydrogen-bond acceptors (Lipinski definition) is 4. The van der Waals surface area contributed by atoms with Crippen molar-refractivity contribution in [2.24, 2.45) is 5.92 Å². The van der Waals surface area contributed by atoms with E-state index < -0.39 is 15.9 Å². The molecule has 1 fully saturated rings. The molecule has 162 valence electrons. The average molecular weight is 451 g/mol. The fraction of sp³-hybridized carbons (Fsp3) is 0.409. The van der Waals surface area contributed by atoms with Crippen LogP contribution in [0.25, 0.3) is 0 Å². The molecule has 2 aromatic carbocycles. The van der Waals surface area contributed by atoms with Gasteiger partial charge in [-0.1, -0.05) is 24.6 Å². The van der Waals surface area contributed by atoms with Crippen LogP contribution in [0.15, 0.2) is 47.4 Å². The van der Waals surface area contributed by atoms with Gasteiger partial charge in [-0.25, -0.2) is 8.42 Å². The molecule has 2 aromatic rings. The third-order valence-corrected chi connectivity index (χ3v) is 7.25. The second-order valence-electron chi connectivity index (χ2n) is 7.88. The number of nitrogens with zero attached hydrogens (tertiary/aromatic N) is 1. The van der Waals surface area contributed by atoms with E-state index in [4.69, 9.17) is 16.3 Å². The molecule has 1 heterocycles. The van der Waals surface area contributed by atoms with Crippen LogP contribution in [0.4, 0.5) is 5.69 Å². The molecule has 0 radical (unpaired) electrons. The third-order valence-electron chi connectivity index (χ3n) is 5.03. The van der Waals surface area contributed by atoms with Gasteiger partial charge < -0.3 is 10.1 Å². The standard InChI is InChI=1S/C22H27ClN2O4S/c1-15(2)29-18-6-4-5-17(13-18)24-22(26)20-14-19(7-8-21(20)23)30(27,28)25-11-9-16(3)10-12-25/h4-8,13-16H,9-12H2,1-3H3,(H,24,26). The maximum absolute atomic E-state index is 13.0. The van der Waals surface area contributed by atoms with E-state index in [2.05, 4.69) is 12.2 Å². The summed E-state index contributed by atoms with van der Waals surface area (Å²) in [7, 11) is -3.68. The number of piperidine rings is 1. The minimum atomic E-state index is -3.68. The lowest BCUT2D eigenvalue weighted by Crippen LogP contribution is -2.37. The zero-order valence-electron chi connectivity index (χ0n) is 17.4. The molecule has 0 spiro atoms. The van der Waals surface area contributed by atoms with E-state index in [-0.39, 0.29) is 21.6 Å². The monoisotopic (exact) mass is 450 g/mol. The first-order valence-corrected chi connectivity index (χ1v) is 11.9. The third kappa shape index (κ3) is 5.33. The van der Waals surface area contributed by atoms with Crippen LogP contribution in [-0.2, 0) is 10.0 Å². The summed E-state index contributed by atoms with van der Waals surface area (Å²) in [6.07, 6.45) is 1.66. The molecular weight excluding hydrogens is 424 g/mol. The number of amides is 1. The second-order valence-corrected chi connectivity index (χ2v) is 10.2. The van der Waals surface area contributed by atoms with E-state index in [1.807, 2.05) is 13.8 Å². The van der Waals surface area contributed by atoms with Crippen LogP contribution in [-0.4, -0.2) is 37.8 Å². The molecule has 8 heteroatoms. The molecule has 0 atom stereocenters. The van der Waals surface area contributed by atoms with Crippen molar-refractivity contribution in [1.29, 1.82) is 0 Å². The van der Waals surface area contributed by atoms with Gasteiger partial charge in [-0.3, -0.25) is 4.79 Å². The number of carbonyl (C=O) groups excluding carboxylic acids is 1. The highest BCUT2D eigenvalue weighted by molar-refractivity contribution is 7.89. The summed E-state index contributed by atoms with van der Waals surface area (Å²) in [6, 6.07) is 11.3. The highest BCUT2D eigenvalue weighted by Gasteiger charge is 2.29. The molecule has 1 saturated heterocycles. The van der Waals surface area contributed by atoms with Crippen molar-refractivity contribution in [3.63, 3.8) is 0 Å². The minimum Gasteiger partial charge on any atom is -0.491 e. The number of rotatable bonds is 6. The van der Waals surface area contributed by atoms with Crippen LogP contribution in [0, 0.1) is 5.92 Å². The van der Waals surface area contributed by atoms with Gasteiger partial charge in [0.1, 0.15) is 5.75 Å². The highest BCUT2D eigenvalue weighted by atomic mass is 35.5. The van der Waals surface area contributed by atoms with Crippen LogP contribution in [0.3, 0.4) is 0 Å². The quantitative estimate of drug-likeness (QED) is 0.685. The Morgan fingerprint density at radius 1 is 1.17 bits per heavy atom. The molecule has 30 heavy (non-hydrogen) atoms. The van der Waals surface area contributed by atoms with E-state index >= 15 is 0 Å². The molecule has 0 bridgehead atoms. The Morgan fingerprint density at radius 2 is 1.87 bits per heavy atom. The van der Waals surface area contributed by atoms with Crippen molar-refractivity contribution in [1.82, 2.24) is 4.31 Å². The van der Waals surface area contributed by atoms with Gasteiger partial charge in [-0.2, -0.15) is 4.31 Å². The first-order chi connectivity index (χ1) is 14.2. The summed E-state index contributed by atoms with van der Waals surface area (Å²) in [4.78, 5) is 12.9. The number of benzene rings is 2. The van der Waals surface area contributed by atoms with Gasteiger partial charge in [0.05, 0.1) is 21.6 Å². The SMILES string of the molecule is CC1CCN(S(=O)(=O)c2ccc(Cl)c(C(=O)Nc3cccc(OC(C)C)c3)c2)CC1. The lowest BCUT2D eigenvalue weighted by molar-refractivity contribution is 0.102. The fourth-order valence-electron chi connectivity index (χ4n) is 3.33. The molecule has 0 unspecified atom stereocenters. The van der Waals surface area contributed by atoms with Gasteiger partial charge in [0, 0.05) is 24.8 Å². The van der Waals surface area contributed by atoms with Crippen molar-refractivity contribution >= 4 is 33.2 Å². The molecule has 0 aromatic heterocycles. The van der Waals surface area contributed by atoms with Crippen LogP contribution in [0.1, 0.15) is 44.0 Å². The lowest BCUT2D eigenvalue weighted by atomic mass is 10.0. The van der Waals surface area contributed by atoms with Gasteiger partial charge in [0.15, 0.2) is 0 Å². The average Bonchev–Trinajstić information content (AvgIpc) is 2.68. The number of sulfonamides is 1. The molecule has 0 aliphatic carbocycles. The van der Waals surface area contributed by atoms with Crippen LogP contribution in [0.5, 0.6) is 5.75 Å². The van der Waals surface area contributed by atoms with E-state index in [0.717, 1.165) is 12.8 Å². The largest absolute Gasteiger partial charge is 0.491 e. The predicted molar refractivity (Wildman–Crippen MR) is 119 cm³/mol. The molecule has 3 rings (SSSR count). The second kappa shape index (κ2) is 9.37. The first kappa shape index (κ1) is 22.6. The molecule has 1 N–H and O–H groups in total. The van der Waals surface area contributed by atoms with Gasteiger partial charge in [0.2, 0.25) is 10.0 Å². The Balaban J connectivity index is 1.82. The molecule has 1 aliphatic rings. The normalized spacial score (nSPS) is 15.9. The zero-order valence-corrected chi connectivity index (χ0v) is 19.0. The van der Waals surface area contributed by atoms with Crippen LogP contribution in [0.2, 0.25) is 5.02 Å². The summed E-state index contributed by atoms with van der Waals surface area (Å²) in [5.74, 6) is 0.661. The number of carbonyl (C=O) groups is 1. The molecule has 0 saturated carbocycles. The molecule has 1 aliphatic heterocycles. The number of hydrogen-bond donors (Lipinski definition) is 1. The van der Waals surface area contributed by atoms with Crippen LogP contribution >= 0.6 is 11.6 Å². The molecular formula is C22H27ClN2O4S. The molecule has 1 amide bonds. The van der Waals surface area contributed by atoms with Crippen molar-refractivity contribution in [2.75, 3.05) is 18.4 Å². The van der Waals surface area contributed by atoms with Crippen molar-refractivity contribution in [2.45, 2.75) is 44.6 Å². The fourth-order valence-corrected chi connectivity index (χ4v) is 5.03. The predicted octanol–water partition coefficient (Wildman–Crippen LogP) is 4.80. The lowest BCUT2D eigenvalue weighted by Gasteiger charge is -2.29. The number of ether oxygens (including phenoxy) is 1. The van der Waals surface area contributed by atoms with Gasteiger partial charge >= 0.3 is 0 Å². The molecule has 6 nitrogen and oxygen atoms in total. The van der Waals surface area contributed by atoms with Crippen molar-refractivity contribution in [3.05, 3.63) is 53.1 Å². The van der Waals surface area contributed by atoms with Crippen molar-refractivity contribution in [3.8, 4) is 5.75 Å². The summed E-state index contributed by atoms with van der Waals surface area (Å²) in [5.41, 5.74) is 0.644. The maximum atomic E-state index is 13.0. The Morgan fingerprint density at radius 3 is 2.53 bits per heavy atom. The van der Waals surface area contributed by atoms with E-state index in [0.29, 0.717) is 30.4 Å². The number of nitrogens with one attached hydrogen (secondary N) is 1. The van der Waals surface area contributed by atoms with Crippen LogP contribution < -0.4 is 10.1 Å². The topological polar surface area (TPSA) is 75.7 Å². The van der Waals surface area contributed by atoms with E-state index in [9.17, 15) is 13.2 Å². The summed E-state index contributed by atoms with van der Waals surface area (Å²) in [6.45, 7) is 6.92. The van der Waals surface area contributed by atoms with Gasteiger partial charge in [-0.15, -0.1) is 0 Å². The maximum Gasteiger partial charge on any atom is 0.257 e. The van der Waals surface area contributed by atoms with Gasteiger partial charge in [-0.05, 0) is 62.9 Å². The van der Waals surface area contributed by atoms with Gasteiger partial charge in [0.25, 0.3) is 5.91 Å². The smallest absolute Gasteiger partial charge is 0.257 e. The van der Waals surface area contributed by atoms with Crippen molar-refractivity contribution < 1.29 is 17.9 Å². The summed E-state index contributed by atoms with van der Waals surface area (Å²) < 4.78 is 33.2. The summed E-state index contributed by atoms with van der Waals surface area (Å²) >= 11 is 6.22. The Kier molecular flexibility index (Phi) is 7.06. The zero-order chi connectivity index (χ0) is 21.9. The Hall–Kier alpha value is -2.09. The highest BCUT2D eigenvalue weighted by Crippen LogP contribution is 2.27. The van der Waals surface area contributed by atoms with E-state index in [1.165, 1.54) is 22.5 Å². The number of anilines is 1. The Labute approximate surface area is 183 Å². The van der Waals surface area contributed by atoms with E-state index in [1.54, 1.807) is 24.3 Å². The first-order valence-electron chi connectivity index (χ1n) is 10.0. The Bertz CT molecular complexity index is 1020. The number of halogens is 1.